The summed E-state index contributed by atoms with van der Waals surface area (Å²) in [6.07, 6.45) is 4.24. The van der Waals surface area contributed by atoms with Gasteiger partial charge >= 0.3 is 5.97 Å². The molecule has 2 N–H and O–H groups in total. The number of guanidine groups is 1. The van der Waals surface area contributed by atoms with E-state index in [1.807, 2.05) is 18.2 Å². The van der Waals surface area contributed by atoms with Crippen LogP contribution in [0.25, 0.3) is 0 Å². The summed E-state index contributed by atoms with van der Waals surface area (Å²) in [6.45, 7) is 5.40. The third-order valence-corrected chi connectivity index (χ3v) is 5.13. The molecule has 170 valence electrons. The molecule has 30 heavy (non-hydrogen) atoms. The maximum atomic E-state index is 11.1. The summed E-state index contributed by atoms with van der Waals surface area (Å²) in [4.78, 5) is 18.1. The predicted octanol–water partition coefficient (Wildman–Crippen LogP) is 3.83. The normalized spacial score (nSPS) is 16.1. The first-order chi connectivity index (χ1) is 14.1. The first-order valence-electron chi connectivity index (χ1n) is 10.3. The Morgan fingerprint density at radius 1 is 1.30 bits per heavy atom. The highest BCUT2D eigenvalue weighted by Crippen LogP contribution is 2.33. The first kappa shape index (κ1) is 26.6. The van der Waals surface area contributed by atoms with E-state index >= 15 is 0 Å². The van der Waals surface area contributed by atoms with E-state index in [4.69, 9.17) is 16.3 Å². The lowest BCUT2D eigenvalue weighted by Gasteiger charge is -2.22. The maximum absolute atomic E-state index is 11.1. The van der Waals surface area contributed by atoms with Crippen molar-refractivity contribution in [3.05, 3.63) is 23.2 Å². The molecule has 1 aromatic rings. The lowest BCUT2D eigenvalue weighted by molar-refractivity contribution is -0.140. The van der Waals surface area contributed by atoms with E-state index in [1.54, 1.807) is 7.11 Å². The van der Waals surface area contributed by atoms with Crippen molar-refractivity contribution in [2.24, 2.45) is 4.99 Å². The average molecular weight is 553 g/mol. The third-order valence-electron chi connectivity index (χ3n) is 4.89. The van der Waals surface area contributed by atoms with Gasteiger partial charge in [-0.3, -0.25) is 9.79 Å². The third kappa shape index (κ3) is 8.75. The fraction of sp³-hybridized carbons (Fsp3) is 0.619. The summed E-state index contributed by atoms with van der Waals surface area (Å²) in [6, 6.07) is 6.01. The Hall–Kier alpha value is -1.42. The van der Waals surface area contributed by atoms with Gasteiger partial charge in [0.25, 0.3) is 0 Å². The first-order valence-corrected chi connectivity index (χ1v) is 10.6. The Labute approximate surface area is 201 Å². The highest BCUT2D eigenvalue weighted by molar-refractivity contribution is 14.0. The minimum absolute atomic E-state index is 0. The van der Waals surface area contributed by atoms with E-state index in [0.29, 0.717) is 17.5 Å². The van der Waals surface area contributed by atoms with Crippen LogP contribution in [0.3, 0.4) is 0 Å². The van der Waals surface area contributed by atoms with Crippen molar-refractivity contribution in [3.8, 4) is 5.75 Å². The second-order valence-electron chi connectivity index (χ2n) is 7.04. The van der Waals surface area contributed by atoms with Gasteiger partial charge in [-0.05, 0) is 44.4 Å². The van der Waals surface area contributed by atoms with E-state index in [0.717, 1.165) is 69.3 Å². The molecule has 0 radical (unpaired) electrons. The van der Waals surface area contributed by atoms with Crippen molar-refractivity contribution >= 4 is 53.2 Å². The Kier molecular flexibility index (Phi) is 12.9. The molecule has 0 saturated carbocycles. The molecule has 1 atom stereocenters. The Bertz CT molecular complexity index is 690. The van der Waals surface area contributed by atoms with E-state index < -0.39 is 0 Å². The molecule has 9 heteroatoms. The number of carbonyl (C=O) groups excluding carboxylic acids is 1. The molecule has 0 aromatic heterocycles. The highest BCUT2D eigenvalue weighted by Gasteiger charge is 2.25. The molecule has 0 amide bonds. The molecule has 1 aliphatic heterocycles. The molecular weight excluding hydrogens is 519 g/mol. The van der Waals surface area contributed by atoms with Crippen molar-refractivity contribution < 1.29 is 14.3 Å². The highest BCUT2D eigenvalue weighted by atomic mass is 127. The lowest BCUT2D eigenvalue weighted by atomic mass is 10.2. The number of carbonyl (C=O) groups is 1. The fourth-order valence-corrected chi connectivity index (χ4v) is 3.54. The molecule has 2 rings (SSSR count). The SMILES string of the molecule is CCNC(=NCCCCCC(=O)OC)NC1CCN(c2cc(Cl)ccc2OC)C1.I. The van der Waals surface area contributed by atoms with Gasteiger partial charge in [0.2, 0.25) is 0 Å². The number of methoxy groups -OCH3 is 2. The fourth-order valence-electron chi connectivity index (χ4n) is 3.37. The Morgan fingerprint density at radius 2 is 2.10 bits per heavy atom. The number of esters is 1. The average Bonchev–Trinajstić information content (AvgIpc) is 3.18. The van der Waals surface area contributed by atoms with Crippen LogP contribution in [-0.2, 0) is 9.53 Å². The van der Waals surface area contributed by atoms with E-state index in [9.17, 15) is 4.79 Å². The van der Waals surface area contributed by atoms with Crippen LogP contribution < -0.4 is 20.3 Å². The van der Waals surface area contributed by atoms with Crippen molar-refractivity contribution in [2.45, 2.75) is 45.1 Å². The molecule has 1 fully saturated rings. The van der Waals surface area contributed by atoms with Crippen LogP contribution in [0, 0.1) is 0 Å². The summed E-state index contributed by atoms with van der Waals surface area (Å²) in [5, 5.41) is 7.56. The van der Waals surface area contributed by atoms with Crippen LogP contribution in [0.2, 0.25) is 5.02 Å². The second kappa shape index (κ2) is 14.6. The topological polar surface area (TPSA) is 75.2 Å². The van der Waals surface area contributed by atoms with Crippen LogP contribution in [0.15, 0.2) is 23.2 Å². The second-order valence-corrected chi connectivity index (χ2v) is 7.48. The van der Waals surface area contributed by atoms with Gasteiger partial charge in [-0.15, -0.1) is 24.0 Å². The molecule has 0 aliphatic carbocycles. The summed E-state index contributed by atoms with van der Waals surface area (Å²) in [7, 11) is 3.10. The number of hydrogen-bond donors (Lipinski definition) is 2. The minimum Gasteiger partial charge on any atom is -0.495 e. The van der Waals surface area contributed by atoms with Gasteiger partial charge in [0.1, 0.15) is 5.75 Å². The van der Waals surface area contributed by atoms with Crippen LogP contribution in [-0.4, -0.2) is 58.4 Å². The number of halogens is 2. The van der Waals surface area contributed by atoms with Crippen molar-refractivity contribution in [1.82, 2.24) is 10.6 Å². The van der Waals surface area contributed by atoms with Crippen LogP contribution in [0.5, 0.6) is 5.75 Å². The molecule has 1 unspecified atom stereocenters. The number of rotatable bonds is 10. The number of nitrogens with one attached hydrogen (secondary N) is 2. The van der Waals surface area contributed by atoms with Crippen molar-refractivity contribution in [1.29, 1.82) is 0 Å². The monoisotopic (exact) mass is 552 g/mol. The van der Waals surface area contributed by atoms with Gasteiger partial charge in [0.05, 0.1) is 19.9 Å². The summed E-state index contributed by atoms with van der Waals surface area (Å²) in [5.41, 5.74) is 1.02. The van der Waals surface area contributed by atoms with Crippen molar-refractivity contribution in [3.63, 3.8) is 0 Å². The molecule has 1 aliphatic rings. The Balaban J connectivity index is 0.00000450. The summed E-state index contributed by atoms with van der Waals surface area (Å²) in [5.74, 6) is 1.53. The van der Waals surface area contributed by atoms with Crippen LogP contribution >= 0.6 is 35.6 Å². The molecule has 7 nitrogen and oxygen atoms in total. The summed E-state index contributed by atoms with van der Waals surface area (Å²) >= 11 is 6.18. The van der Waals surface area contributed by atoms with Gasteiger partial charge < -0.3 is 25.0 Å². The quantitative estimate of drug-likeness (QED) is 0.151. The molecule has 0 spiro atoms. The van der Waals surface area contributed by atoms with E-state index in [2.05, 4.69) is 32.2 Å². The standard InChI is InChI=1S/C21H33ClN4O3.HI/c1-4-23-21(24-12-7-5-6-8-20(27)29-3)25-17-11-13-26(15-17)18-14-16(22)9-10-19(18)28-2;/h9-10,14,17H,4-8,11-13,15H2,1-3H3,(H2,23,24,25);1H. The van der Waals surface area contributed by atoms with E-state index in [-0.39, 0.29) is 29.9 Å². The molecule has 1 heterocycles. The Morgan fingerprint density at radius 3 is 2.80 bits per heavy atom. The van der Waals surface area contributed by atoms with Gasteiger partial charge in [-0.2, -0.15) is 0 Å². The van der Waals surface area contributed by atoms with E-state index in [1.165, 1.54) is 7.11 Å². The molecule has 1 saturated heterocycles. The van der Waals surface area contributed by atoms with Crippen molar-refractivity contribution in [2.75, 3.05) is 45.3 Å². The summed E-state index contributed by atoms with van der Waals surface area (Å²) < 4.78 is 10.1. The number of benzene rings is 1. The smallest absolute Gasteiger partial charge is 0.305 e. The largest absolute Gasteiger partial charge is 0.495 e. The number of anilines is 1. The number of ether oxygens (including phenoxy) is 2. The number of hydrogen-bond acceptors (Lipinski definition) is 5. The molecular formula is C21H34ClIN4O3. The lowest BCUT2D eigenvalue weighted by Crippen LogP contribution is -2.44. The number of nitrogens with zero attached hydrogens (tertiary/aromatic N) is 2. The minimum atomic E-state index is -0.148. The molecule has 0 bridgehead atoms. The van der Waals surface area contributed by atoms with Crippen LogP contribution in [0.4, 0.5) is 5.69 Å². The maximum Gasteiger partial charge on any atom is 0.305 e. The van der Waals surface area contributed by atoms with Gasteiger partial charge in [0.15, 0.2) is 5.96 Å². The zero-order valence-corrected chi connectivity index (χ0v) is 21.2. The van der Waals surface area contributed by atoms with Gasteiger partial charge in [0, 0.05) is 43.7 Å². The zero-order chi connectivity index (χ0) is 21.1. The predicted molar refractivity (Wildman–Crippen MR) is 134 cm³/mol. The number of unbranched alkanes of at least 4 members (excludes halogenated alkanes) is 2. The zero-order valence-electron chi connectivity index (χ0n) is 18.1. The number of aliphatic imine (C=N–C) groups is 1. The molecule has 1 aromatic carbocycles. The van der Waals surface area contributed by atoms with Gasteiger partial charge in [-0.25, -0.2) is 0 Å². The van der Waals surface area contributed by atoms with Gasteiger partial charge in [-0.1, -0.05) is 18.0 Å². The van der Waals surface area contributed by atoms with Crippen LogP contribution in [0.1, 0.15) is 39.0 Å².